The summed E-state index contributed by atoms with van der Waals surface area (Å²) < 4.78 is 5.11. The Kier molecular flexibility index (Phi) is 4.39. The summed E-state index contributed by atoms with van der Waals surface area (Å²) in [5.74, 6) is -0.803. The van der Waals surface area contributed by atoms with Crippen LogP contribution in [0.4, 0.5) is 0 Å². The number of hydroxylamine groups is 2. The van der Waals surface area contributed by atoms with Crippen LogP contribution < -0.4 is 4.74 Å². The highest BCUT2D eigenvalue weighted by molar-refractivity contribution is 5.98. The van der Waals surface area contributed by atoms with E-state index >= 15 is 0 Å². The summed E-state index contributed by atoms with van der Waals surface area (Å²) in [5.41, 5.74) is 0.506. The molecule has 0 aliphatic heterocycles. The van der Waals surface area contributed by atoms with E-state index in [1.165, 1.54) is 14.2 Å². The van der Waals surface area contributed by atoms with E-state index in [2.05, 4.69) is 0 Å². The summed E-state index contributed by atoms with van der Waals surface area (Å²) in [6.45, 7) is -0.388. The predicted octanol–water partition coefficient (Wildman–Crippen LogP) is 1.94. The van der Waals surface area contributed by atoms with Gasteiger partial charge in [0.1, 0.15) is 5.75 Å². The van der Waals surface area contributed by atoms with Crippen LogP contribution in [0.25, 0.3) is 10.8 Å². The zero-order chi connectivity index (χ0) is 15.4. The van der Waals surface area contributed by atoms with Crippen LogP contribution in [0.5, 0.6) is 5.75 Å². The van der Waals surface area contributed by atoms with E-state index in [0.29, 0.717) is 11.3 Å². The SMILES string of the molecule is CON(C)C(=O)c1ccc2cc(OCC(=O)O)ccc2c1. The first-order valence-corrected chi connectivity index (χ1v) is 6.22. The van der Waals surface area contributed by atoms with Crippen molar-refractivity contribution >= 4 is 22.6 Å². The zero-order valence-corrected chi connectivity index (χ0v) is 11.7. The lowest BCUT2D eigenvalue weighted by Gasteiger charge is -2.14. The molecule has 2 aromatic rings. The molecule has 6 nitrogen and oxygen atoms in total. The molecule has 0 aliphatic rings. The molecule has 0 saturated heterocycles. The number of carboxylic acid groups (broad SMARTS) is 1. The maximum atomic E-state index is 12.0. The Labute approximate surface area is 121 Å². The maximum Gasteiger partial charge on any atom is 0.341 e. The normalized spacial score (nSPS) is 10.4. The van der Waals surface area contributed by atoms with Crippen LogP contribution >= 0.6 is 0 Å². The van der Waals surface area contributed by atoms with Gasteiger partial charge in [-0.05, 0) is 35.0 Å². The molecular weight excluding hydrogens is 274 g/mol. The van der Waals surface area contributed by atoms with Gasteiger partial charge in [0.2, 0.25) is 0 Å². The number of carbonyl (C=O) groups excluding carboxylic acids is 1. The van der Waals surface area contributed by atoms with E-state index in [4.69, 9.17) is 14.7 Å². The molecule has 2 aromatic carbocycles. The van der Waals surface area contributed by atoms with Gasteiger partial charge in [-0.25, -0.2) is 9.86 Å². The van der Waals surface area contributed by atoms with Crippen LogP contribution in [-0.4, -0.2) is 42.8 Å². The summed E-state index contributed by atoms with van der Waals surface area (Å²) in [5, 5.41) is 11.4. The van der Waals surface area contributed by atoms with Gasteiger partial charge < -0.3 is 9.84 Å². The quantitative estimate of drug-likeness (QED) is 0.851. The minimum Gasteiger partial charge on any atom is -0.482 e. The summed E-state index contributed by atoms with van der Waals surface area (Å²) in [6, 6.07) is 10.4. The van der Waals surface area contributed by atoms with E-state index in [0.717, 1.165) is 15.8 Å². The lowest BCUT2D eigenvalue weighted by molar-refractivity contribution is -0.139. The number of hydrogen-bond acceptors (Lipinski definition) is 4. The molecule has 6 heteroatoms. The molecule has 0 saturated carbocycles. The minimum absolute atomic E-state index is 0.245. The minimum atomic E-state index is -1.03. The van der Waals surface area contributed by atoms with Gasteiger partial charge in [0.15, 0.2) is 6.61 Å². The second kappa shape index (κ2) is 6.23. The van der Waals surface area contributed by atoms with Gasteiger partial charge in [-0.2, -0.15) is 0 Å². The summed E-state index contributed by atoms with van der Waals surface area (Å²) in [6.07, 6.45) is 0. The summed E-state index contributed by atoms with van der Waals surface area (Å²) in [7, 11) is 2.96. The Hall–Kier alpha value is -2.60. The first-order chi connectivity index (χ1) is 10.0. The molecule has 21 heavy (non-hydrogen) atoms. The number of fused-ring (bicyclic) bond motifs is 1. The molecule has 0 unspecified atom stereocenters. The Morgan fingerprint density at radius 2 is 1.81 bits per heavy atom. The predicted molar refractivity (Wildman–Crippen MR) is 76.2 cm³/mol. The first-order valence-electron chi connectivity index (χ1n) is 6.22. The molecule has 0 radical (unpaired) electrons. The highest BCUT2D eigenvalue weighted by Gasteiger charge is 2.11. The van der Waals surface area contributed by atoms with Crippen LogP contribution in [0.3, 0.4) is 0 Å². The number of hydrogen-bond donors (Lipinski definition) is 1. The number of carbonyl (C=O) groups is 2. The summed E-state index contributed by atoms with van der Waals surface area (Å²) >= 11 is 0. The van der Waals surface area contributed by atoms with Crippen LogP contribution in [0.1, 0.15) is 10.4 Å². The van der Waals surface area contributed by atoms with Crippen molar-refractivity contribution in [3.63, 3.8) is 0 Å². The van der Waals surface area contributed by atoms with E-state index in [-0.39, 0.29) is 12.5 Å². The highest BCUT2D eigenvalue weighted by Crippen LogP contribution is 2.22. The molecule has 0 spiro atoms. The third-order valence-corrected chi connectivity index (χ3v) is 2.98. The van der Waals surface area contributed by atoms with Gasteiger partial charge in [-0.3, -0.25) is 9.63 Å². The van der Waals surface area contributed by atoms with E-state index in [1.807, 2.05) is 0 Å². The molecule has 0 fully saturated rings. The highest BCUT2D eigenvalue weighted by atomic mass is 16.7. The number of carboxylic acids is 1. The second-order valence-electron chi connectivity index (χ2n) is 4.39. The largest absolute Gasteiger partial charge is 0.482 e. The molecule has 0 bridgehead atoms. The molecule has 0 aliphatic carbocycles. The fourth-order valence-electron chi connectivity index (χ4n) is 1.86. The van der Waals surface area contributed by atoms with Crippen LogP contribution in [-0.2, 0) is 9.63 Å². The fraction of sp³-hybridized carbons (Fsp3) is 0.200. The Morgan fingerprint density at radius 1 is 1.14 bits per heavy atom. The fourth-order valence-corrected chi connectivity index (χ4v) is 1.86. The van der Waals surface area contributed by atoms with Gasteiger partial charge in [-0.1, -0.05) is 12.1 Å². The van der Waals surface area contributed by atoms with Crippen LogP contribution in [0.15, 0.2) is 36.4 Å². The molecule has 0 aromatic heterocycles. The van der Waals surface area contributed by atoms with Crippen molar-refractivity contribution in [2.45, 2.75) is 0 Å². The average molecular weight is 289 g/mol. The topological polar surface area (TPSA) is 76.1 Å². The van der Waals surface area contributed by atoms with E-state index in [9.17, 15) is 9.59 Å². The van der Waals surface area contributed by atoms with Crippen molar-refractivity contribution in [2.24, 2.45) is 0 Å². The van der Waals surface area contributed by atoms with Crippen molar-refractivity contribution < 1.29 is 24.3 Å². The Morgan fingerprint density at radius 3 is 2.48 bits per heavy atom. The van der Waals surface area contributed by atoms with Crippen molar-refractivity contribution in [3.05, 3.63) is 42.0 Å². The standard InChI is InChI=1S/C15H15NO5/c1-16(20-2)15(19)12-4-3-11-8-13(21-9-14(17)18)6-5-10(11)7-12/h3-8H,9H2,1-2H3,(H,17,18). The van der Waals surface area contributed by atoms with Gasteiger partial charge in [0, 0.05) is 12.6 Å². The maximum absolute atomic E-state index is 12.0. The third kappa shape index (κ3) is 3.49. The van der Waals surface area contributed by atoms with Crippen LogP contribution in [0, 0.1) is 0 Å². The van der Waals surface area contributed by atoms with E-state index in [1.54, 1.807) is 36.4 Å². The average Bonchev–Trinajstić information content (AvgIpc) is 2.50. The Bertz CT molecular complexity index is 683. The number of amides is 1. The second-order valence-corrected chi connectivity index (χ2v) is 4.39. The molecule has 2 rings (SSSR count). The Balaban J connectivity index is 2.27. The van der Waals surface area contributed by atoms with Gasteiger partial charge in [0.25, 0.3) is 5.91 Å². The number of nitrogens with zero attached hydrogens (tertiary/aromatic N) is 1. The smallest absolute Gasteiger partial charge is 0.341 e. The number of aliphatic carboxylic acids is 1. The van der Waals surface area contributed by atoms with Gasteiger partial charge in [0.05, 0.1) is 7.11 Å². The lowest BCUT2D eigenvalue weighted by atomic mass is 10.1. The number of rotatable bonds is 5. The monoisotopic (exact) mass is 289 g/mol. The summed E-state index contributed by atoms with van der Waals surface area (Å²) in [4.78, 5) is 27.3. The molecule has 110 valence electrons. The van der Waals surface area contributed by atoms with Crippen molar-refractivity contribution in [2.75, 3.05) is 20.8 Å². The zero-order valence-electron chi connectivity index (χ0n) is 11.7. The molecule has 0 heterocycles. The third-order valence-electron chi connectivity index (χ3n) is 2.98. The lowest BCUT2D eigenvalue weighted by Crippen LogP contribution is -2.25. The first kappa shape index (κ1) is 14.8. The molecule has 1 N–H and O–H groups in total. The molecular formula is C15H15NO5. The number of ether oxygens (including phenoxy) is 1. The van der Waals surface area contributed by atoms with Gasteiger partial charge >= 0.3 is 5.97 Å². The van der Waals surface area contributed by atoms with Crippen molar-refractivity contribution in [3.8, 4) is 5.75 Å². The van der Waals surface area contributed by atoms with Gasteiger partial charge in [-0.15, -0.1) is 0 Å². The molecule has 1 amide bonds. The van der Waals surface area contributed by atoms with E-state index < -0.39 is 5.97 Å². The van der Waals surface area contributed by atoms with Crippen molar-refractivity contribution in [1.29, 1.82) is 0 Å². The van der Waals surface area contributed by atoms with Crippen molar-refractivity contribution in [1.82, 2.24) is 5.06 Å². The number of benzene rings is 2. The molecule has 0 atom stereocenters. The van der Waals surface area contributed by atoms with Crippen LogP contribution in [0.2, 0.25) is 0 Å².